The molecule has 0 atom stereocenters. The van der Waals surface area contributed by atoms with Crippen molar-refractivity contribution in [2.75, 3.05) is 31.6 Å². The van der Waals surface area contributed by atoms with Crippen molar-refractivity contribution >= 4 is 17.5 Å². The molecule has 24 heavy (non-hydrogen) atoms. The number of hydrogen-bond acceptors (Lipinski definition) is 4. The van der Waals surface area contributed by atoms with Crippen molar-refractivity contribution in [3.05, 3.63) is 11.9 Å². The van der Waals surface area contributed by atoms with Gasteiger partial charge in [0.25, 0.3) is 5.91 Å². The maximum absolute atomic E-state index is 12.9. The van der Waals surface area contributed by atoms with E-state index in [0.717, 1.165) is 25.7 Å². The molecule has 0 aromatic carbocycles. The van der Waals surface area contributed by atoms with E-state index in [2.05, 4.69) is 10.4 Å². The van der Waals surface area contributed by atoms with Crippen LogP contribution in [0.25, 0.3) is 0 Å². The summed E-state index contributed by atoms with van der Waals surface area (Å²) in [5, 5.41) is 7.23. The predicted molar refractivity (Wildman–Crippen MR) is 89.8 cm³/mol. The highest BCUT2D eigenvalue weighted by Crippen LogP contribution is 2.26. The Balaban J connectivity index is 1.76. The second-order valence-electron chi connectivity index (χ2n) is 6.45. The number of carbonyl (C=O) groups excluding carboxylic acids is 2. The van der Waals surface area contributed by atoms with Gasteiger partial charge >= 0.3 is 0 Å². The summed E-state index contributed by atoms with van der Waals surface area (Å²) >= 11 is 0. The second-order valence-corrected chi connectivity index (χ2v) is 6.45. The largest absolute Gasteiger partial charge is 0.378 e. The third-order valence-electron chi connectivity index (χ3n) is 4.87. The van der Waals surface area contributed by atoms with E-state index in [1.54, 1.807) is 15.8 Å². The zero-order chi connectivity index (χ0) is 16.9. The third kappa shape index (κ3) is 3.61. The van der Waals surface area contributed by atoms with Crippen molar-refractivity contribution in [1.82, 2.24) is 14.7 Å². The first kappa shape index (κ1) is 17.0. The van der Waals surface area contributed by atoms with Gasteiger partial charge < -0.3 is 15.0 Å². The molecule has 1 aromatic heterocycles. The first-order valence-corrected chi connectivity index (χ1v) is 8.94. The molecule has 2 fully saturated rings. The van der Waals surface area contributed by atoms with Gasteiger partial charge in [-0.05, 0) is 19.8 Å². The van der Waals surface area contributed by atoms with Gasteiger partial charge in [0.15, 0.2) is 0 Å². The molecular formula is C17H26N4O3. The molecule has 0 radical (unpaired) electrons. The standard InChI is InChI=1S/C17H26N4O3/c1-2-21-15(17(23)20-8-10-24-11-9-20)14(12-18-21)19-16(22)13-6-4-3-5-7-13/h12-13H,2-11H2,1H3,(H,19,22). The number of nitrogens with zero attached hydrogens (tertiary/aromatic N) is 3. The molecule has 1 N–H and O–H groups in total. The lowest BCUT2D eigenvalue weighted by Crippen LogP contribution is -2.42. The summed E-state index contributed by atoms with van der Waals surface area (Å²) < 4.78 is 6.97. The fraction of sp³-hybridized carbons (Fsp3) is 0.706. The highest BCUT2D eigenvalue weighted by Gasteiger charge is 2.28. The number of rotatable bonds is 4. The lowest BCUT2D eigenvalue weighted by atomic mass is 9.88. The number of ether oxygens (including phenoxy) is 1. The van der Waals surface area contributed by atoms with Crippen LogP contribution in [-0.2, 0) is 16.1 Å². The van der Waals surface area contributed by atoms with Crippen molar-refractivity contribution in [2.45, 2.75) is 45.6 Å². The van der Waals surface area contributed by atoms with Gasteiger partial charge in [0, 0.05) is 25.6 Å². The van der Waals surface area contributed by atoms with Crippen LogP contribution >= 0.6 is 0 Å². The third-order valence-corrected chi connectivity index (χ3v) is 4.87. The summed E-state index contributed by atoms with van der Waals surface area (Å²) in [7, 11) is 0. The molecule has 1 saturated heterocycles. The highest BCUT2D eigenvalue weighted by atomic mass is 16.5. The summed E-state index contributed by atoms with van der Waals surface area (Å²) in [4.78, 5) is 27.2. The van der Waals surface area contributed by atoms with Crippen LogP contribution in [0.4, 0.5) is 5.69 Å². The molecular weight excluding hydrogens is 308 g/mol. The Morgan fingerprint density at radius 3 is 2.62 bits per heavy atom. The van der Waals surface area contributed by atoms with Gasteiger partial charge in [-0.2, -0.15) is 5.10 Å². The summed E-state index contributed by atoms with van der Waals surface area (Å²) in [6, 6.07) is 0. The zero-order valence-electron chi connectivity index (χ0n) is 14.3. The van der Waals surface area contributed by atoms with Crippen molar-refractivity contribution in [2.24, 2.45) is 5.92 Å². The van der Waals surface area contributed by atoms with Crippen LogP contribution in [0.15, 0.2) is 6.20 Å². The fourth-order valence-corrected chi connectivity index (χ4v) is 3.46. The van der Waals surface area contributed by atoms with Crippen LogP contribution in [0.2, 0.25) is 0 Å². The minimum Gasteiger partial charge on any atom is -0.378 e. The average molecular weight is 334 g/mol. The van der Waals surface area contributed by atoms with Crippen LogP contribution in [-0.4, -0.2) is 52.8 Å². The number of hydrogen-bond donors (Lipinski definition) is 1. The molecule has 1 aromatic rings. The van der Waals surface area contributed by atoms with E-state index in [4.69, 9.17) is 4.74 Å². The van der Waals surface area contributed by atoms with Crippen molar-refractivity contribution in [3.63, 3.8) is 0 Å². The van der Waals surface area contributed by atoms with Crippen LogP contribution in [0.1, 0.15) is 49.5 Å². The van der Waals surface area contributed by atoms with E-state index in [-0.39, 0.29) is 17.7 Å². The number of aryl methyl sites for hydroxylation is 1. The minimum absolute atomic E-state index is 0.0152. The summed E-state index contributed by atoms with van der Waals surface area (Å²) in [5.74, 6) is -0.0203. The number of aromatic nitrogens is 2. The molecule has 0 spiro atoms. The molecule has 3 rings (SSSR count). The maximum Gasteiger partial charge on any atom is 0.274 e. The normalized spacial score (nSPS) is 19.3. The van der Waals surface area contributed by atoms with E-state index in [0.29, 0.717) is 44.2 Å². The number of anilines is 1. The smallest absolute Gasteiger partial charge is 0.274 e. The zero-order valence-corrected chi connectivity index (χ0v) is 14.3. The number of carbonyl (C=O) groups is 2. The molecule has 7 nitrogen and oxygen atoms in total. The van der Waals surface area contributed by atoms with Gasteiger partial charge in [-0.3, -0.25) is 14.3 Å². The van der Waals surface area contributed by atoms with Crippen LogP contribution in [0.3, 0.4) is 0 Å². The Bertz CT molecular complexity index is 587. The minimum atomic E-state index is -0.0865. The Labute approximate surface area is 142 Å². The van der Waals surface area contributed by atoms with Gasteiger partial charge in [-0.25, -0.2) is 0 Å². The van der Waals surface area contributed by atoms with E-state index in [9.17, 15) is 9.59 Å². The van der Waals surface area contributed by atoms with Crippen molar-refractivity contribution in [3.8, 4) is 0 Å². The van der Waals surface area contributed by atoms with Crippen LogP contribution in [0.5, 0.6) is 0 Å². The fourth-order valence-electron chi connectivity index (χ4n) is 3.46. The molecule has 2 aliphatic rings. The van der Waals surface area contributed by atoms with Crippen molar-refractivity contribution < 1.29 is 14.3 Å². The van der Waals surface area contributed by atoms with Crippen LogP contribution in [0, 0.1) is 5.92 Å². The lowest BCUT2D eigenvalue weighted by Gasteiger charge is -2.27. The Morgan fingerprint density at radius 1 is 1.25 bits per heavy atom. The monoisotopic (exact) mass is 334 g/mol. The molecule has 1 saturated carbocycles. The molecule has 0 bridgehead atoms. The van der Waals surface area contributed by atoms with E-state index in [1.807, 2.05) is 6.92 Å². The summed E-state index contributed by atoms with van der Waals surface area (Å²) in [6.07, 6.45) is 6.87. The number of amides is 2. The highest BCUT2D eigenvalue weighted by molar-refractivity contribution is 6.03. The van der Waals surface area contributed by atoms with E-state index in [1.165, 1.54) is 6.42 Å². The topological polar surface area (TPSA) is 76.5 Å². The van der Waals surface area contributed by atoms with E-state index < -0.39 is 0 Å². The average Bonchev–Trinajstić information content (AvgIpc) is 3.05. The molecule has 2 amide bonds. The first-order chi connectivity index (χ1) is 11.7. The summed E-state index contributed by atoms with van der Waals surface area (Å²) in [6.45, 7) is 4.78. The molecule has 2 heterocycles. The Kier molecular flexibility index (Phi) is 5.50. The Morgan fingerprint density at radius 2 is 1.96 bits per heavy atom. The van der Waals surface area contributed by atoms with Gasteiger partial charge in [-0.1, -0.05) is 19.3 Å². The lowest BCUT2D eigenvalue weighted by molar-refractivity contribution is -0.120. The Hall–Kier alpha value is -1.89. The number of nitrogens with one attached hydrogen (secondary N) is 1. The first-order valence-electron chi connectivity index (χ1n) is 8.94. The van der Waals surface area contributed by atoms with Crippen molar-refractivity contribution in [1.29, 1.82) is 0 Å². The van der Waals surface area contributed by atoms with E-state index >= 15 is 0 Å². The summed E-state index contributed by atoms with van der Waals surface area (Å²) in [5.41, 5.74) is 1.01. The maximum atomic E-state index is 12.9. The number of morpholine rings is 1. The molecule has 0 unspecified atom stereocenters. The second kappa shape index (κ2) is 7.79. The quantitative estimate of drug-likeness (QED) is 0.912. The molecule has 132 valence electrons. The van der Waals surface area contributed by atoms with Gasteiger partial charge in [0.1, 0.15) is 5.69 Å². The van der Waals surface area contributed by atoms with Gasteiger partial charge in [0.05, 0.1) is 25.1 Å². The van der Waals surface area contributed by atoms with Crippen LogP contribution < -0.4 is 5.32 Å². The molecule has 7 heteroatoms. The van der Waals surface area contributed by atoms with Gasteiger partial charge in [-0.15, -0.1) is 0 Å². The predicted octanol–water partition coefficient (Wildman–Crippen LogP) is 1.89. The molecule has 1 aliphatic heterocycles. The SMILES string of the molecule is CCn1ncc(NC(=O)C2CCCCC2)c1C(=O)N1CCOCC1. The molecule has 1 aliphatic carbocycles. The van der Waals surface area contributed by atoms with Gasteiger partial charge in [0.2, 0.25) is 5.91 Å².